The molecule has 3 aromatic rings. The van der Waals surface area contributed by atoms with Crippen molar-refractivity contribution in [2.75, 3.05) is 26.7 Å². The Bertz CT molecular complexity index is 891. The standard InChI is InChI=1S/C20H25N5O/c1-26-18-7-3-2-5-15(18)13-24-11-8-16(14-24)19-17-6-4-10-22-20(17)25(23-19)12-9-21/h2-7,10,16H,8-9,11-14,21H2,1H3/t16-/m0/s1. The Balaban J connectivity index is 1.55. The van der Waals surface area contributed by atoms with Gasteiger partial charge in [0.15, 0.2) is 5.65 Å². The molecule has 2 aromatic heterocycles. The SMILES string of the molecule is COc1ccccc1CN1CC[C@H](c2nn(CCN)c3ncccc23)C1. The molecule has 1 saturated heterocycles. The first-order valence-electron chi connectivity index (χ1n) is 9.16. The molecule has 4 rings (SSSR count). The fraction of sp³-hybridized carbons (Fsp3) is 0.400. The molecule has 0 saturated carbocycles. The summed E-state index contributed by atoms with van der Waals surface area (Å²) in [4.78, 5) is 6.99. The summed E-state index contributed by atoms with van der Waals surface area (Å²) in [6.07, 6.45) is 2.93. The number of ether oxygens (including phenoxy) is 1. The van der Waals surface area contributed by atoms with E-state index in [9.17, 15) is 0 Å². The third kappa shape index (κ3) is 3.18. The van der Waals surface area contributed by atoms with Crippen LogP contribution in [-0.2, 0) is 13.1 Å². The van der Waals surface area contributed by atoms with Gasteiger partial charge in [0.25, 0.3) is 0 Å². The topological polar surface area (TPSA) is 69.2 Å². The lowest BCUT2D eigenvalue weighted by Crippen LogP contribution is -2.20. The molecular formula is C20H25N5O. The van der Waals surface area contributed by atoms with E-state index in [1.807, 2.05) is 29.1 Å². The van der Waals surface area contributed by atoms with Gasteiger partial charge in [0, 0.05) is 42.7 Å². The van der Waals surface area contributed by atoms with Gasteiger partial charge in [0.2, 0.25) is 0 Å². The molecule has 0 bridgehead atoms. The average molecular weight is 351 g/mol. The molecule has 1 aliphatic heterocycles. The van der Waals surface area contributed by atoms with E-state index < -0.39 is 0 Å². The van der Waals surface area contributed by atoms with Crippen LogP contribution < -0.4 is 10.5 Å². The van der Waals surface area contributed by atoms with Gasteiger partial charge in [-0.25, -0.2) is 9.67 Å². The Morgan fingerprint density at radius 2 is 2.12 bits per heavy atom. The molecule has 136 valence electrons. The van der Waals surface area contributed by atoms with E-state index in [1.165, 1.54) is 5.56 Å². The van der Waals surface area contributed by atoms with Crippen molar-refractivity contribution in [2.24, 2.45) is 5.73 Å². The highest BCUT2D eigenvalue weighted by Crippen LogP contribution is 2.32. The molecule has 0 spiro atoms. The summed E-state index contributed by atoms with van der Waals surface area (Å²) in [5.41, 5.74) is 9.07. The largest absolute Gasteiger partial charge is 0.496 e. The maximum absolute atomic E-state index is 5.74. The number of methoxy groups -OCH3 is 1. The van der Waals surface area contributed by atoms with E-state index in [2.05, 4.69) is 28.1 Å². The second-order valence-electron chi connectivity index (χ2n) is 6.80. The molecule has 1 aliphatic rings. The normalized spacial score (nSPS) is 17.8. The number of hydrogen-bond donors (Lipinski definition) is 1. The monoisotopic (exact) mass is 351 g/mol. The van der Waals surface area contributed by atoms with Gasteiger partial charge >= 0.3 is 0 Å². The third-order valence-corrected chi connectivity index (χ3v) is 5.12. The van der Waals surface area contributed by atoms with Crippen LogP contribution in [0, 0.1) is 0 Å². The number of likely N-dealkylation sites (tertiary alicyclic amines) is 1. The van der Waals surface area contributed by atoms with Crippen LogP contribution >= 0.6 is 0 Å². The van der Waals surface area contributed by atoms with E-state index in [1.54, 1.807) is 7.11 Å². The fourth-order valence-electron chi connectivity index (χ4n) is 3.89. The van der Waals surface area contributed by atoms with Gasteiger partial charge in [0.1, 0.15) is 5.75 Å². The highest BCUT2D eigenvalue weighted by atomic mass is 16.5. The van der Waals surface area contributed by atoms with Crippen molar-refractivity contribution < 1.29 is 4.74 Å². The van der Waals surface area contributed by atoms with Crippen LogP contribution in [0.3, 0.4) is 0 Å². The molecule has 3 heterocycles. The molecular weight excluding hydrogens is 326 g/mol. The fourth-order valence-corrected chi connectivity index (χ4v) is 3.89. The van der Waals surface area contributed by atoms with E-state index >= 15 is 0 Å². The van der Waals surface area contributed by atoms with Gasteiger partial charge in [-0.3, -0.25) is 4.90 Å². The Morgan fingerprint density at radius 1 is 1.23 bits per heavy atom. The van der Waals surface area contributed by atoms with Crippen molar-refractivity contribution in [1.29, 1.82) is 0 Å². The Hall–Kier alpha value is -2.44. The summed E-state index contributed by atoms with van der Waals surface area (Å²) in [5.74, 6) is 1.38. The Labute approximate surface area is 153 Å². The zero-order valence-electron chi connectivity index (χ0n) is 15.1. The van der Waals surface area contributed by atoms with E-state index in [0.29, 0.717) is 19.0 Å². The molecule has 0 amide bonds. The molecule has 0 aliphatic carbocycles. The van der Waals surface area contributed by atoms with Crippen LogP contribution in [0.5, 0.6) is 5.75 Å². The number of pyridine rings is 1. The molecule has 0 unspecified atom stereocenters. The van der Waals surface area contributed by atoms with Crippen LogP contribution in [0.15, 0.2) is 42.6 Å². The predicted octanol–water partition coefficient (Wildman–Crippen LogP) is 2.39. The zero-order valence-corrected chi connectivity index (χ0v) is 15.1. The third-order valence-electron chi connectivity index (χ3n) is 5.12. The Kier molecular flexibility index (Phi) is 4.86. The lowest BCUT2D eigenvalue weighted by Gasteiger charge is -2.17. The van der Waals surface area contributed by atoms with Crippen molar-refractivity contribution in [3.05, 3.63) is 53.9 Å². The maximum Gasteiger partial charge on any atom is 0.158 e. The van der Waals surface area contributed by atoms with E-state index in [-0.39, 0.29) is 0 Å². The highest BCUT2D eigenvalue weighted by Gasteiger charge is 2.28. The number of aromatic nitrogens is 3. The number of para-hydroxylation sites is 1. The maximum atomic E-state index is 5.74. The molecule has 1 fully saturated rings. The minimum absolute atomic E-state index is 0.426. The second-order valence-corrected chi connectivity index (χ2v) is 6.80. The van der Waals surface area contributed by atoms with E-state index in [4.69, 9.17) is 15.6 Å². The molecule has 6 nitrogen and oxygen atoms in total. The van der Waals surface area contributed by atoms with Crippen LogP contribution in [-0.4, -0.2) is 46.4 Å². The van der Waals surface area contributed by atoms with Crippen LogP contribution in [0.25, 0.3) is 11.0 Å². The van der Waals surface area contributed by atoms with Gasteiger partial charge < -0.3 is 10.5 Å². The highest BCUT2D eigenvalue weighted by molar-refractivity contribution is 5.78. The first-order valence-corrected chi connectivity index (χ1v) is 9.16. The van der Waals surface area contributed by atoms with Crippen molar-refractivity contribution >= 4 is 11.0 Å². The van der Waals surface area contributed by atoms with Crippen molar-refractivity contribution in [1.82, 2.24) is 19.7 Å². The van der Waals surface area contributed by atoms with Gasteiger partial charge in [-0.15, -0.1) is 0 Å². The van der Waals surface area contributed by atoms with Gasteiger partial charge in [-0.05, 0) is 31.2 Å². The first kappa shape index (κ1) is 17.0. The second kappa shape index (κ2) is 7.43. The smallest absolute Gasteiger partial charge is 0.158 e. The predicted molar refractivity (Wildman–Crippen MR) is 102 cm³/mol. The number of hydrogen-bond acceptors (Lipinski definition) is 5. The average Bonchev–Trinajstić information content (AvgIpc) is 3.28. The van der Waals surface area contributed by atoms with Crippen molar-refractivity contribution in [3.8, 4) is 5.75 Å². The number of nitrogens with zero attached hydrogens (tertiary/aromatic N) is 4. The van der Waals surface area contributed by atoms with Gasteiger partial charge in [-0.2, -0.15) is 5.10 Å². The minimum Gasteiger partial charge on any atom is -0.496 e. The number of benzene rings is 1. The van der Waals surface area contributed by atoms with Crippen LogP contribution in [0.4, 0.5) is 0 Å². The molecule has 2 N–H and O–H groups in total. The summed E-state index contributed by atoms with van der Waals surface area (Å²) in [6, 6.07) is 12.4. The van der Waals surface area contributed by atoms with Gasteiger partial charge in [0.05, 0.1) is 19.3 Å². The minimum atomic E-state index is 0.426. The number of fused-ring (bicyclic) bond motifs is 1. The van der Waals surface area contributed by atoms with Crippen molar-refractivity contribution in [2.45, 2.75) is 25.4 Å². The molecule has 26 heavy (non-hydrogen) atoms. The summed E-state index contributed by atoms with van der Waals surface area (Å²) in [5, 5.41) is 6.02. The quantitative estimate of drug-likeness (QED) is 0.738. The summed E-state index contributed by atoms with van der Waals surface area (Å²) >= 11 is 0. The zero-order chi connectivity index (χ0) is 17.9. The van der Waals surface area contributed by atoms with Crippen molar-refractivity contribution in [3.63, 3.8) is 0 Å². The number of nitrogens with two attached hydrogens (primary N) is 1. The van der Waals surface area contributed by atoms with Gasteiger partial charge in [-0.1, -0.05) is 18.2 Å². The summed E-state index contributed by atoms with van der Waals surface area (Å²) in [6.45, 7) is 4.23. The molecule has 1 aromatic carbocycles. The van der Waals surface area contributed by atoms with Crippen LogP contribution in [0.1, 0.15) is 23.6 Å². The lowest BCUT2D eigenvalue weighted by molar-refractivity contribution is 0.316. The van der Waals surface area contributed by atoms with Crippen LogP contribution in [0.2, 0.25) is 0 Å². The summed E-state index contributed by atoms with van der Waals surface area (Å²) in [7, 11) is 1.73. The Morgan fingerprint density at radius 3 is 2.96 bits per heavy atom. The number of rotatable bonds is 6. The lowest BCUT2D eigenvalue weighted by atomic mass is 10.0. The molecule has 6 heteroatoms. The van der Waals surface area contributed by atoms with E-state index in [0.717, 1.165) is 48.5 Å². The first-order chi connectivity index (χ1) is 12.8. The molecule has 0 radical (unpaired) electrons. The summed E-state index contributed by atoms with van der Waals surface area (Å²) < 4.78 is 7.44. The molecule has 1 atom stereocenters.